The van der Waals surface area contributed by atoms with Crippen LogP contribution < -0.4 is 14.8 Å². The second-order valence-electron chi connectivity index (χ2n) is 8.31. The molecule has 0 aliphatic carbocycles. The highest BCUT2D eigenvalue weighted by Crippen LogP contribution is 2.37. The van der Waals surface area contributed by atoms with Gasteiger partial charge in [-0.1, -0.05) is 0 Å². The average molecular weight is 548 g/mol. The number of fused-ring (bicyclic) bond motifs is 1. The highest BCUT2D eigenvalue weighted by molar-refractivity contribution is 5.83. The number of aryl methyl sites for hydroxylation is 1. The molecule has 0 unspecified atom stereocenters. The Balaban J connectivity index is 1.42. The molecular weight excluding hydrogens is 530 g/mol. The number of rotatable bonds is 6. The number of nitrogens with one attached hydrogen (secondary N) is 2. The van der Waals surface area contributed by atoms with Crippen LogP contribution in [0, 0.1) is 0 Å². The summed E-state index contributed by atoms with van der Waals surface area (Å²) in [4.78, 5) is 14.5. The first-order valence-electron chi connectivity index (χ1n) is 11.2. The van der Waals surface area contributed by atoms with Gasteiger partial charge in [-0.15, -0.1) is 0 Å². The molecule has 0 saturated heterocycles. The lowest BCUT2D eigenvalue weighted by atomic mass is 10.2. The average Bonchev–Trinajstić information content (AvgIpc) is 3.49. The summed E-state index contributed by atoms with van der Waals surface area (Å²) in [5.74, 6) is 1.12. The molecule has 0 aliphatic rings. The number of H-pyrrole nitrogens is 1. The number of hydrogen-bond donors (Lipinski definition) is 2. The third-order valence-corrected chi connectivity index (χ3v) is 5.72. The number of aromatic nitrogens is 5. The van der Waals surface area contributed by atoms with Crippen LogP contribution in [-0.2, 0) is 19.4 Å². The Morgan fingerprint density at radius 3 is 2.28 bits per heavy atom. The molecule has 5 aromatic rings. The number of pyridine rings is 1. The topological polar surface area (TPSA) is 89.9 Å². The fraction of sp³-hybridized carbons (Fsp3) is 0.160. The van der Waals surface area contributed by atoms with Crippen LogP contribution >= 0.6 is 0 Å². The van der Waals surface area contributed by atoms with Gasteiger partial charge in [0.25, 0.3) is 0 Å². The molecule has 8 nitrogen and oxygen atoms in total. The molecule has 0 fully saturated rings. The second-order valence-corrected chi connectivity index (χ2v) is 8.31. The standard InChI is InChI=1S/C25H18F6N6O2/c1-37-18-11-19(38-2)20(10-16(18)35-23(37)34-14-5-3-13(4-6-14)24(26,27)28)39-15-7-8-32-17(9-15)22-33-12-21(36-22)25(29,30)31/h3-12H,1-2H3,(H,33,36)(H,34,35). The minimum atomic E-state index is -4.58. The van der Waals surface area contributed by atoms with Crippen LogP contribution in [0.4, 0.5) is 38.0 Å². The molecule has 0 atom stereocenters. The minimum Gasteiger partial charge on any atom is -0.493 e. The van der Waals surface area contributed by atoms with Crippen LogP contribution in [0.25, 0.3) is 22.6 Å². The maximum absolute atomic E-state index is 12.9. The number of ether oxygens (including phenoxy) is 2. The SMILES string of the molecule is COc1cc2c(cc1Oc1ccnc(-c3ncc(C(F)(F)F)[nH]3)c1)nc(Nc1ccc(C(F)(F)F)cc1)n2C. The lowest BCUT2D eigenvalue weighted by Crippen LogP contribution is -2.05. The lowest BCUT2D eigenvalue weighted by Gasteiger charge is -2.11. The number of aromatic amines is 1. The maximum Gasteiger partial charge on any atom is 0.432 e. The molecule has 0 amide bonds. The Labute approximate surface area is 216 Å². The molecule has 5 rings (SSSR count). The van der Waals surface area contributed by atoms with Crippen molar-refractivity contribution in [2.75, 3.05) is 12.4 Å². The van der Waals surface area contributed by atoms with Crippen molar-refractivity contribution >= 4 is 22.7 Å². The van der Waals surface area contributed by atoms with E-state index in [-0.39, 0.29) is 23.0 Å². The Morgan fingerprint density at radius 1 is 0.897 bits per heavy atom. The van der Waals surface area contributed by atoms with E-state index in [9.17, 15) is 26.3 Å². The number of methoxy groups -OCH3 is 1. The number of hydrogen-bond acceptors (Lipinski definition) is 6. The summed E-state index contributed by atoms with van der Waals surface area (Å²) in [7, 11) is 3.15. The molecule has 0 spiro atoms. The Bertz CT molecular complexity index is 1640. The quantitative estimate of drug-likeness (QED) is 0.224. The van der Waals surface area contributed by atoms with Crippen LogP contribution in [0.1, 0.15) is 11.3 Å². The van der Waals surface area contributed by atoms with Crippen molar-refractivity contribution in [3.8, 4) is 28.8 Å². The van der Waals surface area contributed by atoms with E-state index in [2.05, 4.69) is 25.3 Å². The molecule has 0 radical (unpaired) electrons. The molecule has 3 aromatic heterocycles. The Kier molecular flexibility index (Phi) is 6.32. The zero-order valence-electron chi connectivity index (χ0n) is 20.1. The fourth-order valence-electron chi connectivity index (χ4n) is 3.75. The minimum absolute atomic E-state index is 0.0844. The van der Waals surface area contributed by atoms with Crippen molar-refractivity contribution in [2.45, 2.75) is 12.4 Å². The van der Waals surface area contributed by atoms with Crippen molar-refractivity contribution < 1.29 is 35.8 Å². The molecule has 14 heteroatoms. The number of halogens is 6. The van der Waals surface area contributed by atoms with Crippen molar-refractivity contribution in [1.82, 2.24) is 24.5 Å². The molecular formula is C25H18F6N6O2. The predicted octanol–water partition coefficient (Wildman–Crippen LogP) is 6.94. The monoisotopic (exact) mass is 548 g/mol. The first-order chi connectivity index (χ1) is 18.4. The second kappa shape index (κ2) is 9.53. The smallest absolute Gasteiger partial charge is 0.432 e. The van der Waals surface area contributed by atoms with E-state index in [1.165, 1.54) is 37.6 Å². The normalized spacial score (nSPS) is 12.1. The van der Waals surface area contributed by atoms with E-state index in [1.54, 1.807) is 23.7 Å². The summed E-state index contributed by atoms with van der Waals surface area (Å²) < 4.78 is 90.4. The van der Waals surface area contributed by atoms with E-state index < -0.39 is 23.6 Å². The number of alkyl halides is 6. The van der Waals surface area contributed by atoms with Gasteiger partial charge in [-0.3, -0.25) is 4.98 Å². The largest absolute Gasteiger partial charge is 0.493 e. The number of nitrogens with zero attached hydrogens (tertiary/aromatic N) is 4. The van der Waals surface area contributed by atoms with Gasteiger partial charge in [0.15, 0.2) is 17.3 Å². The van der Waals surface area contributed by atoms with Gasteiger partial charge >= 0.3 is 12.4 Å². The number of anilines is 2. The molecule has 3 heterocycles. The van der Waals surface area contributed by atoms with Gasteiger partial charge < -0.3 is 24.3 Å². The lowest BCUT2D eigenvalue weighted by molar-refractivity contribution is -0.141. The molecule has 39 heavy (non-hydrogen) atoms. The molecule has 2 aromatic carbocycles. The maximum atomic E-state index is 12.9. The van der Waals surface area contributed by atoms with E-state index >= 15 is 0 Å². The van der Waals surface area contributed by atoms with Gasteiger partial charge in [0.05, 0.1) is 29.9 Å². The van der Waals surface area contributed by atoms with Crippen molar-refractivity contribution in [1.29, 1.82) is 0 Å². The summed E-state index contributed by atoms with van der Waals surface area (Å²) in [6.07, 6.45) is -6.98. The van der Waals surface area contributed by atoms with E-state index in [0.717, 1.165) is 12.1 Å². The first kappa shape index (κ1) is 25.9. The number of imidazole rings is 2. The zero-order chi connectivity index (χ0) is 27.9. The van der Waals surface area contributed by atoms with Gasteiger partial charge in [0.1, 0.15) is 17.1 Å². The highest BCUT2D eigenvalue weighted by Gasteiger charge is 2.33. The molecule has 0 saturated carbocycles. The highest BCUT2D eigenvalue weighted by atomic mass is 19.4. The van der Waals surface area contributed by atoms with Crippen LogP contribution in [0.3, 0.4) is 0 Å². The van der Waals surface area contributed by atoms with E-state index in [0.29, 0.717) is 34.6 Å². The summed E-state index contributed by atoms with van der Waals surface area (Å²) in [6, 6.07) is 10.7. The van der Waals surface area contributed by atoms with Crippen LogP contribution in [0.5, 0.6) is 17.2 Å². The Morgan fingerprint density at radius 2 is 1.64 bits per heavy atom. The van der Waals surface area contributed by atoms with Gasteiger partial charge in [0.2, 0.25) is 5.95 Å². The summed E-state index contributed by atoms with van der Waals surface area (Å²) in [5, 5.41) is 2.99. The van der Waals surface area contributed by atoms with Gasteiger partial charge in [-0.2, -0.15) is 26.3 Å². The van der Waals surface area contributed by atoms with Gasteiger partial charge in [-0.05, 0) is 30.3 Å². The summed E-state index contributed by atoms with van der Waals surface area (Å²) >= 11 is 0. The summed E-state index contributed by atoms with van der Waals surface area (Å²) in [6.45, 7) is 0. The van der Waals surface area contributed by atoms with Crippen molar-refractivity contribution in [2.24, 2.45) is 7.05 Å². The molecule has 0 aliphatic heterocycles. The molecule has 0 bridgehead atoms. The molecule has 2 N–H and O–H groups in total. The third kappa shape index (κ3) is 5.30. The van der Waals surface area contributed by atoms with Gasteiger partial charge in [-0.25, -0.2) is 9.97 Å². The van der Waals surface area contributed by atoms with E-state index in [1.807, 2.05) is 0 Å². The fourth-order valence-corrected chi connectivity index (χ4v) is 3.75. The van der Waals surface area contributed by atoms with Crippen LogP contribution in [-0.4, -0.2) is 31.6 Å². The first-order valence-corrected chi connectivity index (χ1v) is 11.2. The van der Waals surface area contributed by atoms with E-state index in [4.69, 9.17) is 9.47 Å². The zero-order valence-corrected chi connectivity index (χ0v) is 20.1. The number of benzene rings is 2. The van der Waals surface area contributed by atoms with Crippen LogP contribution in [0.2, 0.25) is 0 Å². The molecule has 202 valence electrons. The predicted molar refractivity (Wildman–Crippen MR) is 129 cm³/mol. The Hall–Kier alpha value is -4.75. The summed E-state index contributed by atoms with van der Waals surface area (Å²) in [5.41, 5.74) is -0.118. The third-order valence-electron chi connectivity index (χ3n) is 5.72. The van der Waals surface area contributed by atoms with Gasteiger partial charge in [0, 0.05) is 37.1 Å². The van der Waals surface area contributed by atoms with Crippen molar-refractivity contribution in [3.05, 3.63) is 72.2 Å². The van der Waals surface area contributed by atoms with Crippen LogP contribution in [0.15, 0.2) is 60.9 Å². The van der Waals surface area contributed by atoms with Crippen molar-refractivity contribution in [3.63, 3.8) is 0 Å².